The Balaban J connectivity index is -0.000000000762. The molecule has 20 heteroatoms. The first-order valence-corrected chi connectivity index (χ1v) is 19.7. The van der Waals surface area contributed by atoms with Crippen molar-refractivity contribution >= 4 is 61.0 Å². The van der Waals surface area contributed by atoms with Gasteiger partial charge in [0.1, 0.15) is 0 Å². The van der Waals surface area contributed by atoms with E-state index in [0.717, 1.165) is 0 Å². The van der Waals surface area contributed by atoms with Crippen molar-refractivity contribution in [1.29, 1.82) is 0 Å². The molecule has 12 nitrogen and oxygen atoms in total. The quantitative estimate of drug-likeness (QED) is 0.113. The van der Waals surface area contributed by atoms with E-state index in [1.54, 1.807) is 0 Å². The van der Waals surface area contributed by atoms with Gasteiger partial charge in [-0.2, -0.15) is 0 Å². The van der Waals surface area contributed by atoms with Gasteiger partial charge in [0.15, 0.2) is 0 Å². The molecular formula is H36AsLi3N12Se4. The van der Waals surface area contributed by atoms with Crippen molar-refractivity contribution in [2.45, 2.75) is 0 Å². The molecule has 0 fully saturated rings. The topological polar surface area (TPSA) is 420 Å². The summed E-state index contributed by atoms with van der Waals surface area (Å²) in [5.41, 5.74) is -1.38. The van der Waals surface area contributed by atoms with Gasteiger partial charge in [-0.15, -0.1) is 0 Å². The molecule has 0 aliphatic rings. The molecule has 0 aliphatic heterocycles. The zero-order chi connectivity index (χ0) is 4.50. The maximum absolute atomic E-state index is 2.98. The van der Waals surface area contributed by atoms with Crippen LogP contribution in [0.5, 0.6) is 0 Å². The number of hydrogen-bond donors (Lipinski definition) is 12. The van der Waals surface area contributed by atoms with Gasteiger partial charge in [0.05, 0.1) is 0 Å². The van der Waals surface area contributed by atoms with Crippen LogP contribution in [0.4, 0.5) is 0 Å². The summed E-state index contributed by atoms with van der Waals surface area (Å²) in [6.07, 6.45) is 0. The molecule has 0 amide bonds. The van der Waals surface area contributed by atoms with E-state index in [1.807, 2.05) is 0 Å². The third-order valence-electron chi connectivity index (χ3n) is 0. The average molecular weight is 616 g/mol. The summed E-state index contributed by atoms with van der Waals surface area (Å²) < 4.78 is 0. The maximum atomic E-state index is 2.98. The van der Waals surface area contributed by atoms with Crippen LogP contribution in [-0.4, -0.2) is 61.0 Å². The van der Waals surface area contributed by atoms with E-state index in [4.69, 9.17) is 0 Å². The van der Waals surface area contributed by atoms with Crippen molar-refractivity contribution < 1.29 is 56.6 Å². The first-order chi connectivity index (χ1) is 2.00. The van der Waals surface area contributed by atoms with Gasteiger partial charge in [0, 0.05) is 0 Å². The van der Waals surface area contributed by atoms with Crippen molar-refractivity contribution in [3.63, 3.8) is 0 Å². The molecule has 0 aromatic carbocycles. The first-order valence-electron chi connectivity index (χ1n) is 0.730. The standard InChI is InChI=1S/AsH3Se4.3Li.12H3N/c2-1(3,4)5;;;;;;;;;;;;;;;/h(H3,2,3,4,5);;;;12*1H3/q;3*+1;;;;;;;;;;;;/p-3. The van der Waals surface area contributed by atoms with Gasteiger partial charge < -0.3 is 73.8 Å². The fourth-order valence-electron chi connectivity index (χ4n) is 0. The number of hydrogen-bond acceptors (Lipinski definition) is 12. The molecule has 0 bridgehead atoms. The minimum absolute atomic E-state index is 0. The fraction of sp³-hybridized carbons (Fsp3) is 0. The number of rotatable bonds is 0. The second-order valence-electron chi connectivity index (χ2n) is 0.447. The zero-order valence-electron chi connectivity index (χ0n) is 13.6. The van der Waals surface area contributed by atoms with Gasteiger partial charge in [0.2, 0.25) is 0 Å². The van der Waals surface area contributed by atoms with Gasteiger partial charge in [-0.05, 0) is 0 Å². The van der Waals surface area contributed by atoms with E-state index in [1.165, 1.54) is 0 Å². The fourth-order valence-corrected chi connectivity index (χ4v) is 0. The van der Waals surface area contributed by atoms with E-state index in [0.29, 0.717) is 0 Å². The molecule has 0 aromatic heterocycles. The molecule has 0 aromatic rings. The molecule has 36 N–H and O–H groups in total. The molecule has 0 unspecified atom stereocenters. The van der Waals surface area contributed by atoms with E-state index < -0.39 is 5.48 Å². The summed E-state index contributed by atoms with van der Waals surface area (Å²) >= 11 is 11.9. The Hall–Kier alpha value is 3.95. The van der Waals surface area contributed by atoms with Gasteiger partial charge in [0.25, 0.3) is 0 Å². The molecule has 0 atom stereocenters. The Kier molecular flexibility index (Phi) is 1110. The molecule has 0 radical (unpaired) electrons. The SMILES string of the molecule is N.N.N.N.N.N.N.N.N.N.N.N.[Li+].[Li+].[Li+].[Se]=[As]([Se-])([Se-])[Se-]. The molecule has 0 rings (SSSR count). The van der Waals surface area contributed by atoms with Crippen LogP contribution in [0.25, 0.3) is 0 Å². The Morgan fingerprint density at radius 1 is 0.400 bits per heavy atom. The Morgan fingerprint density at radius 3 is 0.400 bits per heavy atom. The summed E-state index contributed by atoms with van der Waals surface area (Å²) in [7, 11) is 0. The Bertz CT molecular complexity index is 76.8. The van der Waals surface area contributed by atoms with Gasteiger partial charge >= 0.3 is 118 Å². The summed E-state index contributed by atoms with van der Waals surface area (Å²) in [5.74, 6) is 0. The minimum atomic E-state index is -1.38. The predicted molar refractivity (Wildman–Crippen MR) is 89.0 cm³/mol. The van der Waals surface area contributed by atoms with Crippen LogP contribution in [-0.2, 0) is 0 Å². The van der Waals surface area contributed by atoms with Crippen LogP contribution in [0.15, 0.2) is 0 Å². The van der Waals surface area contributed by atoms with Crippen molar-refractivity contribution in [3.05, 3.63) is 0 Å². The van der Waals surface area contributed by atoms with Gasteiger partial charge in [-0.3, -0.25) is 0 Å². The molecule has 20 heavy (non-hydrogen) atoms. The van der Waals surface area contributed by atoms with E-state index in [2.05, 4.69) is 55.5 Å². The summed E-state index contributed by atoms with van der Waals surface area (Å²) in [4.78, 5) is 0. The average Bonchev–Trinajstić information content (AvgIpc) is 0.722. The molecule has 0 aliphatic carbocycles. The van der Waals surface area contributed by atoms with Crippen LogP contribution in [0.2, 0.25) is 0 Å². The third-order valence-corrected chi connectivity index (χ3v) is 0. The normalized spacial score (nSPS) is 2.95. The predicted octanol–water partition coefficient (Wildman–Crippen LogP) is -8.95. The molecule has 0 heterocycles. The van der Waals surface area contributed by atoms with Gasteiger partial charge in [-0.1, -0.05) is 0 Å². The molecule has 0 saturated carbocycles. The van der Waals surface area contributed by atoms with Crippen molar-refractivity contribution in [2.75, 3.05) is 0 Å². The second kappa shape index (κ2) is 112. The van der Waals surface area contributed by atoms with Crippen LogP contribution in [0.1, 0.15) is 0 Å². The summed E-state index contributed by atoms with van der Waals surface area (Å²) in [5, 5.41) is 0. The van der Waals surface area contributed by atoms with Crippen LogP contribution >= 0.6 is 0 Å². The van der Waals surface area contributed by atoms with E-state index >= 15 is 0 Å². The molecule has 0 spiro atoms. The van der Waals surface area contributed by atoms with E-state index in [9.17, 15) is 0 Å². The Labute approximate surface area is 188 Å². The van der Waals surface area contributed by atoms with Crippen molar-refractivity contribution in [3.8, 4) is 0 Å². The van der Waals surface area contributed by atoms with Gasteiger partial charge in [-0.25, -0.2) is 0 Å². The Morgan fingerprint density at radius 2 is 0.400 bits per heavy atom. The van der Waals surface area contributed by atoms with Crippen LogP contribution in [0, 0.1) is 0 Å². The molecule has 0 saturated heterocycles. The van der Waals surface area contributed by atoms with Crippen LogP contribution < -0.4 is 130 Å². The summed E-state index contributed by atoms with van der Waals surface area (Å²) in [6.45, 7) is 0. The monoisotopic (exact) mass is 620 g/mol. The first kappa shape index (κ1) is 200. The zero-order valence-corrected chi connectivity index (χ0v) is 22.3. The molecular weight excluding hydrogens is 580 g/mol. The van der Waals surface area contributed by atoms with Crippen LogP contribution in [0.3, 0.4) is 0 Å². The van der Waals surface area contributed by atoms with Crippen molar-refractivity contribution in [1.82, 2.24) is 73.8 Å². The summed E-state index contributed by atoms with van der Waals surface area (Å²) in [6, 6.07) is 0. The van der Waals surface area contributed by atoms with E-state index in [-0.39, 0.29) is 130 Å². The second-order valence-corrected chi connectivity index (χ2v) is 62.7. The third kappa shape index (κ3) is 618. The van der Waals surface area contributed by atoms with Crippen molar-refractivity contribution in [2.24, 2.45) is 0 Å². The molecule has 128 valence electrons.